The monoisotopic (exact) mass is 557 g/mol. The van der Waals surface area contributed by atoms with Gasteiger partial charge in [0.05, 0.1) is 5.56 Å². The van der Waals surface area contributed by atoms with Gasteiger partial charge in [0.25, 0.3) is 0 Å². The number of aromatic nitrogens is 3. The Hall–Kier alpha value is -3.67. The van der Waals surface area contributed by atoms with Crippen molar-refractivity contribution in [1.82, 2.24) is 15.4 Å². The van der Waals surface area contributed by atoms with Crippen LogP contribution in [0.2, 0.25) is 0 Å². The molecule has 0 bridgehead atoms. The number of carbonyl (C=O) groups is 1. The molecule has 0 aliphatic rings. The number of benzene rings is 3. The van der Waals surface area contributed by atoms with Crippen molar-refractivity contribution in [2.45, 2.75) is 105 Å². The number of carboxylic acid groups (broad SMARTS) is 1. The van der Waals surface area contributed by atoms with E-state index in [9.17, 15) is 15.0 Å². The highest BCUT2D eigenvalue weighted by atomic mass is 16.4. The van der Waals surface area contributed by atoms with E-state index in [0.717, 1.165) is 22.2 Å². The number of aromatic carboxylic acids is 1. The quantitative estimate of drug-likeness (QED) is 0.228. The minimum Gasteiger partial charge on any atom is -0.507 e. The largest absolute Gasteiger partial charge is 0.507 e. The molecule has 41 heavy (non-hydrogen) atoms. The number of aromatic hydroxyl groups is 1. The number of hydrogen-bond acceptors (Lipinski definition) is 4. The van der Waals surface area contributed by atoms with Gasteiger partial charge in [-0.1, -0.05) is 113 Å². The Morgan fingerprint density at radius 1 is 0.659 bits per heavy atom. The average Bonchev–Trinajstić information content (AvgIpc) is 3.29. The van der Waals surface area contributed by atoms with Crippen LogP contribution in [0.15, 0.2) is 48.5 Å². The molecule has 0 radical (unpaired) electrons. The molecule has 220 valence electrons. The molecule has 0 aliphatic carbocycles. The summed E-state index contributed by atoms with van der Waals surface area (Å²) in [4.78, 5) is 12.6. The van der Waals surface area contributed by atoms with Crippen LogP contribution >= 0.6 is 0 Å². The van der Waals surface area contributed by atoms with Gasteiger partial charge in [0.2, 0.25) is 0 Å². The van der Waals surface area contributed by atoms with Gasteiger partial charge in [-0.25, -0.2) is 4.79 Å². The standard InChI is InChI=1S/C29H42O3.C6H5N3/c1-26(2,3)19-15-13-14-17(22(19)28(7,8)9)21-18(25(31)32)16-20(27(4,5)6)24(30)23(21)29(10,11)12;1-2-4-6-5(3-1)7-9-8-6/h13-16,30H,1-12H3,(H,31,32);1-4H,(H,7,8,9). The Kier molecular flexibility index (Phi) is 8.51. The third-order valence-corrected chi connectivity index (χ3v) is 7.20. The maximum absolute atomic E-state index is 12.6. The van der Waals surface area contributed by atoms with E-state index in [-0.39, 0.29) is 22.1 Å². The lowest BCUT2D eigenvalue weighted by molar-refractivity contribution is 0.0697. The highest BCUT2D eigenvalue weighted by Gasteiger charge is 2.36. The lowest BCUT2D eigenvalue weighted by Crippen LogP contribution is -2.25. The van der Waals surface area contributed by atoms with Gasteiger partial charge in [0, 0.05) is 16.7 Å². The zero-order valence-electron chi connectivity index (χ0n) is 26.8. The SMILES string of the molecule is CC(C)(C)c1cc(C(=O)O)c(-c2cccc(C(C)(C)C)c2C(C)(C)C)c(C(C)(C)C)c1O.c1ccc2n[nH]nc2c1. The maximum atomic E-state index is 12.6. The maximum Gasteiger partial charge on any atom is 0.336 e. The third kappa shape index (κ3) is 6.80. The number of phenols is 1. The van der Waals surface area contributed by atoms with Gasteiger partial charge >= 0.3 is 5.97 Å². The van der Waals surface area contributed by atoms with Crippen molar-refractivity contribution in [3.8, 4) is 16.9 Å². The Morgan fingerprint density at radius 2 is 1.15 bits per heavy atom. The number of para-hydroxylation sites is 2. The third-order valence-electron chi connectivity index (χ3n) is 7.20. The molecule has 3 aromatic carbocycles. The number of nitrogens with zero attached hydrogens (tertiary/aromatic N) is 2. The molecular weight excluding hydrogens is 510 g/mol. The molecular formula is C35H47N3O3. The molecule has 0 unspecified atom stereocenters. The lowest BCUT2D eigenvalue weighted by atomic mass is 9.69. The van der Waals surface area contributed by atoms with Crippen LogP contribution in [0.4, 0.5) is 0 Å². The number of hydrogen-bond donors (Lipinski definition) is 3. The van der Waals surface area contributed by atoms with Crippen molar-refractivity contribution in [3.05, 3.63) is 76.3 Å². The van der Waals surface area contributed by atoms with E-state index in [4.69, 9.17) is 0 Å². The minimum atomic E-state index is -0.975. The van der Waals surface area contributed by atoms with Crippen molar-refractivity contribution in [1.29, 1.82) is 0 Å². The first-order valence-corrected chi connectivity index (χ1v) is 14.2. The van der Waals surface area contributed by atoms with E-state index >= 15 is 0 Å². The van der Waals surface area contributed by atoms with E-state index in [1.54, 1.807) is 6.07 Å². The van der Waals surface area contributed by atoms with Crippen LogP contribution in [0.25, 0.3) is 22.2 Å². The van der Waals surface area contributed by atoms with Crippen molar-refractivity contribution in [3.63, 3.8) is 0 Å². The summed E-state index contributed by atoms with van der Waals surface area (Å²) in [5.74, 6) is -0.775. The fourth-order valence-electron chi connectivity index (χ4n) is 5.40. The second-order valence-electron chi connectivity index (χ2n) is 14.9. The van der Waals surface area contributed by atoms with Crippen LogP contribution in [0.1, 0.15) is 116 Å². The van der Waals surface area contributed by atoms with Gasteiger partial charge in [-0.3, -0.25) is 0 Å². The molecule has 0 saturated heterocycles. The molecule has 0 saturated carbocycles. The number of carboxylic acids is 1. The summed E-state index contributed by atoms with van der Waals surface area (Å²) in [5, 5.41) is 32.2. The van der Waals surface area contributed by atoms with Crippen LogP contribution in [0.3, 0.4) is 0 Å². The van der Waals surface area contributed by atoms with Crippen LogP contribution in [-0.2, 0) is 21.7 Å². The normalized spacial score (nSPS) is 12.7. The average molecular weight is 558 g/mol. The van der Waals surface area contributed by atoms with Crippen molar-refractivity contribution >= 4 is 17.0 Å². The number of H-pyrrole nitrogens is 1. The molecule has 1 aromatic heterocycles. The molecule has 0 fully saturated rings. The summed E-state index contributed by atoms with van der Waals surface area (Å²) in [7, 11) is 0. The first kappa shape index (κ1) is 31.9. The summed E-state index contributed by atoms with van der Waals surface area (Å²) in [6, 6.07) is 15.6. The van der Waals surface area contributed by atoms with Crippen LogP contribution in [0, 0.1) is 0 Å². The van der Waals surface area contributed by atoms with E-state index in [1.807, 2.05) is 77.9 Å². The van der Waals surface area contributed by atoms with Gasteiger partial charge in [0.15, 0.2) is 0 Å². The van der Waals surface area contributed by atoms with Crippen molar-refractivity contribution in [2.75, 3.05) is 0 Å². The molecule has 3 N–H and O–H groups in total. The van der Waals surface area contributed by atoms with E-state index in [0.29, 0.717) is 16.7 Å². The van der Waals surface area contributed by atoms with Crippen LogP contribution in [-0.4, -0.2) is 31.6 Å². The Balaban J connectivity index is 0.000000428. The van der Waals surface area contributed by atoms with E-state index in [2.05, 4.69) is 63.0 Å². The first-order valence-electron chi connectivity index (χ1n) is 14.2. The molecule has 6 heteroatoms. The number of phenolic OH excluding ortho intramolecular Hbond substituents is 1. The predicted molar refractivity (Wildman–Crippen MR) is 169 cm³/mol. The zero-order valence-corrected chi connectivity index (χ0v) is 26.8. The van der Waals surface area contributed by atoms with E-state index in [1.165, 1.54) is 5.56 Å². The number of aromatic amines is 1. The lowest BCUT2D eigenvalue weighted by Gasteiger charge is -2.35. The molecule has 4 aromatic rings. The molecule has 0 amide bonds. The summed E-state index contributed by atoms with van der Waals surface area (Å²) in [5.41, 5.74) is 6.08. The fraction of sp³-hybridized carbons (Fsp3) is 0.457. The highest BCUT2D eigenvalue weighted by Crippen LogP contribution is 2.49. The Bertz CT molecular complexity index is 1520. The summed E-state index contributed by atoms with van der Waals surface area (Å²) in [6.07, 6.45) is 0. The number of fused-ring (bicyclic) bond motifs is 1. The Labute approximate surface area is 245 Å². The van der Waals surface area contributed by atoms with Gasteiger partial charge in [-0.05, 0) is 56.5 Å². The molecule has 1 heterocycles. The second kappa shape index (κ2) is 11.0. The highest BCUT2D eigenvalue weighted by molar-refractivity contribution is 5.99. The zero-order chi connectivity index (χ0) is 31.1. The molecule has 4 rings (SSSR count). The van der Waals surface area contributed by atoms with Gasteiger partial charge in [0.1, 0.15) is 16.8 Å². The summed E-state index contributed by atoms with van der Waals surface area (Å²) >= 11 is 0. The Morgan fingerprint density at radius 3 is 1.56 bits per heavy atom. The van der Waals surface area contributed by atoms with Crippen LogP contribution < -0.4 is 0 Å². The summed E-state index contributed by atoms with van der Waals surface area (Å²) in [6.45, 7) is 25.2. The predicted octanol–water partition coefficient (Wildman–Crippen LogP) is 8.91. The van der Waals surface area contributed by atoms with Gasteiger partial charge in [-0.15, -0.1) is 0 Å². The van der Waals surface area contributed by atoms with Crippen LogP contribution in [0.5, 0.6) is 5.75 Å². The number of rotatable bonds is 2. The second-order valence-corrected chi connectivity index (χ2v) is 14.9. The molecule has 6 nitrogen and oxygen atoms in total. The van der Waals surface area contributed by atoms with Crippen molar-refractivity contribution in [2.24, 2.45) is 0 Å². The summed E-state index contributed by atoms with van der Waals surface area (Å²) < 4.78 is 0. The van der Waals surface area contributed by atoms with E-state index < -0.39 is 16.8 Å². The number of nitrogens with one attached hydrogen (secondary N) is 1. The molecule has 0 atom stereocenters. The molecule has 0 aliphatic heterocycles. The smallest absolute Gasteiger partial charge is 0.336 e. The topological polar surface area (TPSA) is 99.1 Å². The van der Waals surface area contributed by atoms with Gasteiger partial charge in [-0.2, -0.15) is 15.4 Å². The van der Waals surface area contributed by atoms with Crippen molar-refractivity contribution < 1.29 is 15.0 Å². The van der Waals surface area contributed by atoms with Gasteiger partial charge < -0.3 is 10.2 Å². The fourth-order valence-corrected chi connectivity index (χ4v) is 5.40. The first-order chi connectivity index (χ1) is 18.7. The molecule has 0 spiro atoms. The minimum absolute atomic E-state index is 0.114.